The third-order valence-corrected chi connectivity index (χ3v) is 3.17. The first-order chi connectivity index (χ1) is 9.65. The normalized spacial score (nSPS) is 10.1. The van der Waals surface area contributed by atoms with Gasteiger partial charge < -0.3 is 9.47 Å². The number of aryl methyl sites for hydroxylation is 2. The molecule has 0 radical (unpaired) electrons. The van der Waals surface area contributed by atoms with Gasteiger partial charge in [0.25, 0.3) is 0 Å². The molecule has 20 heavy (non-hydrogen) atoms. The zero-order valence-corrected chi connectivity index (χ0v) is 12.2. The highest BCUT2D eigenvalue weighted by Gasteiger charge is 2.02. The summed E-state index contributed by atoms with van der Waals surface area (Å²) in [6, 6.07) is 8.30. The van der Waals surface area contributed by atoms with Crippen LogP contribution in [0.3, 0.4) is 0 Å². The first-order valence-electron chi connectivity index (χ1n) is 6.87. The van der Waals surface area contributed by atoms with Crippen molar-refractivity contribution in [3.05, 3.63) is 35.4 Å². The van der Waals surface area contributed by atoms with Gasteiger partial charge in [-0.15, -0.1) is 0 Å². The highest BCUT2D eigenvalue weighted by atomic mass is 16.5. The van der Waals surface area contributed by atoms with E-state index in [0.29, 0.717) is 12.8 Å². The van der Waals surface area contributed by atoms with Crippen LogP contribution in [0.5, 0.6) is 0 Å². The fourth-order valence-corrected chi connectivity index (χ4v) is 1.95. The van der Waals surface area contributed by atoms with Crippen molar-refractivity contribution in [3.63, 3.8) is 0 Å². The van der Waals surface area contributed by atoms with Crippen molar-refractivity contribution >= 4 is 11.9 Å². The van der Waals surface area contributed by atoms with Crippen molar-refractivity contribution < 1.29 is 19.1 Å². The highest BCUT2D eigenvalue weighted by Crippen LogP contribution is 2.11. The summed E-state index contributed by atoms with van der Waals surface area (Å²) in [6.45, 7) is 0. The second kappa shape index (κ2) is 9.13. The Labute approximate surface area is 120 Å². The molecule has 0 saturated heterocycles. The van der Waals surface area contributed by atoms with Crippen molar-refractivity contribution in [1.29, 1.82) is 0 Å². The van der Waals surface area contributed by atoms with Crippen LogP contribution in [0.2, 0.25) is 0 Å². The SMILES string of the molecule is COC(=O)CCCc1ccc(CCCC(=O)OC)cc1. The molecule has 0 aliphatic rings. The molecule has 0 bridgehead atoms. The monoisotopic (exact) mass is 278 g/mol. The molecule has 110 valence electrons. The second-order valence-corrected chi connectivity index (χ2v) is 4.68. The number of hydrogen-bond donors (Lipinski definition) is 0. The first-order valence-corrected chi connectivity index (χ1v) is 6.87. The molecule has 0 aromatic heterocycles. The summed E-state index contributed by atoms with van der Waals surface area (Å²) in [4.78, 5) is 22.0. The lowest BCUT2D eigenvalue weighted by Crippen LogP contribution is -2.01. The largest absolute Gasteiger partial charge is 0.469 e. The van der Waals surface area contributed by atoms with E-state index in [0.717, 1.165) is 25.7 Å². The van der Waals surface area contributed by atoms with Gasteiger partial charge >= 0.3 is 11.9 Å². The lowest BCUT2D eigenvalue weighted by molar-refractivity contribution is -0.141. The summed E-state index contributed by atoms with van der Waals surface area (Å²) in [5, 5.41) is 0. The average Bonchev–Trinajstić information content (AvgIpc) is 2.48. The van der Waals surface area contributed by atoms with E-state index >= 15 is 0 Å². The molecule has 1 rings (SSSR count). The highest BCUT2D eigenvalue weighted by molar-refractivity contribution is 5.69. The molecule has 0 N–H and O–H groups in total. The molecule has 0 aliphatic carbocycles. The molecule has 4 nitrogen and oxygen atoms in total. The van der Waals surface area contributed by atoms with E-state index in [1.165, 1.54) is 25.3 Å². The Bertz CT molecular complexity index is 382. The predicted octanol–water partition coefficient (Wildman–Crippen LogP) is 2.68. The van der Waals surface area contributed by atoms with Gasteiger partial charge in [-0.3, -0.25) is 9.59 Å². The van der Waals surface area contributed by atoms with Crippen LogP contribution >= 0.6 is 0 Å². The van der Waals surface area contributed by atoms with Gasteiger partial charge in [0, 0.05) is 12.8 Å². The lowest BCUT2D eigenvalue weighted by Gasteiger charge is -2.04. The molecular weight excluding hydrogens is 256 g/mol. The average molecular weight is 278 g/mol. The van der Waals surface area contributed by atoms with Crippen LogP contribution in [0.4, 0.5) is 0 Å². The Kier molecular flexibility index (Phi) is 7.40. The summed E-state index contributed by atoms with van der Waals surface area (Å²) in [6.07, 6.45) is 4.26. The van der Waals surface area contributed by atoms with Gasteiger partial charge in [0.1, 0.15) is 0 Å². The standard InChI is InChI=1S/C16H22O4/c1-19-15(17)7-3-5-13-9-11-14(12-10-13)6-4-8-16(18)20-2/h9-12H,3-8H2,1-2H3. The van der Waals surface area contributed by atoms with Crippen LogP contribution in [-0.4, -0.2) is 26.2 Å². The van der Waals surface area contributed by atoms with Gasteiger partial charge in [0.2, 0.25) is 0 Å². The number of methoxy groups -OCH3 is 2. The maximum absolute atomic E-state index is 11.0. The number of hydrogen-bond acceptors (Lipinski definition) is 4. The van der Waals surface area contributed by atoms with Crippen molar-refractivity contribution in [2.45, 2.75) is 38.5 Å². The molecule has 1 aromatic rings. The summed E-state index contributed by atoms with van der Waals surface area (Å²) in [5.74, 6) is -0.325. The molecule has 0 unspecified atom stereocenters. The van der Waals surface area contributed by atoms with Gasteiger partial charge in [0.15, 0.2) is 0 Å². The molecule has 0 spiro atoms. The second-order valence-electron chi connectivity index (χ2n) is 4.68. The number of benzene rings is 1. The van der Waals surface area contributed by atoms with Crippen molar-refractivity contribution in [3.8, 4) is 0 Å². The van der Waals surface area contributed by atoms with Gasteiger partial charge in [-0.05, 0) is 36.8 Å². The van der Waals surface area contributed by atoms with Crippen LogP contribution in [0.25, 0.3) is 0 Å². The van der Waals surface area contributed by atoms with Crippen molar-refractivity contribution in [2.24, 2.45) is 0 Å². The van der Waals surface area contributed by atoms with Gasteiger partial charge in [-0.1, -0.05) is 24.3 Å². The Morgan fingerprint density at radius 3 is 1.45 bits per heavy atom. The zero-order chi connectivity index (χ0) is 14.8. The van der Waals surface area contributed by atoms with E-state index in [2.05, 4.69) is 33.7 Å². The number of carbonyl (C=O) groups excluding carboxylic acids is 2. The predicted molar refractivity (Wildman–Crippen MR) is 76.4 cm³/mol. The molecule has 4 heteroatoms. The van der Waals surface area contributed by atoms with Crippen LogP contribution in [0.1, 0.15) is 36.8 Å². The quantitative estimate of drug-likeness (QED) is 0.686. The molecule has 0 fully saturated rings. The maximum atomic E-state index is 11.0. The van der Waals surface area contributed by atoms with E-state index < -0.39 is 0 Å². The molecule has 1 aromatic carbocycles. The molecule has 0 saturated carbocycles. The smallest absolute Gasteiger partial charge is 0.305 e. The van der Waals surface area contributed by atoms with Gasteiger partial charge in [-0.25, -0.2) is 0 Å². The Balaban J connectivity index is 2.29. The fraction of sp³-hybridized carbons (Fsp3) is 0.500. The third kappa shape index (κ3) is 6.36. The van der Waals surface area contributed by atoms with Crippen LogP contribution < -0.4 is 0 Å². The van der Waals surface area contributed by atoms with E-state index in [4.69, 9.17) is 0 Å². The number of rotatable bonds is 8. The molecule has 0 amide bonds. The lowest BCUT2D eigenvalue weighted by atomic mass is 10.0. The van der Waals surface area contributed by atoms with Gasteiger partial charge in [0.05, 0.1) is 14.2 Å². The summed E-state index contributed by atoms with van der Waals surface area (Å²) in [7, 11) is 2.82. The summed E-state index contributed by atoms with van der Waals surface area (Å²) in [5.41, 5.74) is 2.43. The minimum absolute atomic E-state index is 0.163. The minimum Gasteiger partial charge on any atom is -0.469 e. The van der Waals surface area contributed by atoms with Crippen molar-refractivity contribution in [1.82, 2.24) is 0 Å². The van der Waals surface area contributed by atoms with E-state index in [1.54, 1.807) is 0 Å². The van der Waals surface area contributed by atoms with Gasteiger partial charge in [-0.2, -0.15) is 0 Å². The Morgan fingerprint density at radius 1 is 0.800 bits per heavy atom. The molecule has 0 heterocycles. The topological polar surface area (TPSA) is 52.6 Å². The zero-order valence-electron chi connectivity index (χ0n) is 12.2. The fourth-order valence-electron chi connectivity index (χ4n) is 1.95. The molecular formula is C16H22O4. The maximum Gasteiger partial charge on any atom is 0.305 e. The number of esters is 2. The van der Waals surface area contributed by atoms with E-state index in [-0.39, 0.29) is 11.9 Å². The Hall–Kier alpha value is -1.84. The van der Waals surface area contributed by atoms with Crippen LogP contribution in [-0.2, 0) is 31.9 Å². The van der Waals surface area contributed by atoms with Crippen LogP contribution in [0.15, 0.2) is 24.3 Å². The van der Waals surface area contributed by atoms with Crippen molar-refractivity contribution in [2.75, 3.05) is 14.2 Å². The Morgan fingerprint density at radius 2 is 1.15 bits per heavy atom. The van der Waals surface area contributed by atoms with E-state index in [9.17, 15) is 9.59 Å². The minimum atomic E-state index is -0.163. The summed E-state index contributed by atoms with van der Waals surface area (Å²) < 4.78 is 9.21. The third-order valence-electron chi connectivity index (χ3n) is 3.17. The van der Waals surface area contributed by atoms with Crippen LogP contribution in [0, 0.1) is 0 Å². The number of carbonyl (C=O) groups is 2. The molecule has 0 atom stereocenters. The molecule has 0 aliphatic heterocycles. The first kappa shape index (κ1) is 16.2. The number of ether oxygens (including phenoxy) is 2. The summed E-state index contributed by atoms with van der Waals surface area (Å²) >= 11 is 0. The van der Waals surface area contributed by atoms with E-state index in [1.807, 2.05) is 0 Å².